The largest absolute Gasteiger partial charge is 0.497 e. The Balaban J connectivity index is 2.18. The summed E-state index contributed by atoms with van der Waals surface area (Å²) < 4.78 is 79.8. The molecule has 0 radical (unpaired) electrons. The van der Waals surface area contributed by atoms with Gasteiger partial charge in [-0.25, -0.2) is 26.5 Å². The van der Waals surface area contributed by atoms with Gasteiger partial charge in [-0.15, -0.1) is 0 Å². The summed E-state index contributed by atoms with van der Waals surface area (Å²) in [6.07, 6.45) is 0. The highest BCUT2D eigenvalue weighted by Crippen LogP contribution is 2.31. The summed E-state index contributed by atoms with van der Waals surface area (Å²) in [6, 6.07) is 10.8. The molecular formula is C20H17F3N2O4S. The molecule has 0 saturated heterocycles. The van der Waals surface area contributed by atoms with E-state index in [0.717, 1.165) is 24.3 Å². The molecule has 10 heteroatoms. The van der Waals surface area contributed by atoms with Crippen molar-refractivity contribution >= 4 is 15.8 Å². The minimum atomic E-state index is -4.80. The number of benzene rings is 2. The molecule has 0 unspecified atom stereocenters. The molecule has 0 aliphatic rings. The van der Waals surface area contributed by atoms with Crippen LogP contribution < -0.4 is 13.8 Å². The van der Waals surface area contributed by atoms with Gasteiger partial charge in [0.05, 0.1) is 20.8 Å². The maximum absolute atomic E-state index is 14.3. The van der Waals surface area contributed by atoms with Gasteiger partial charge in [-0.3, -0.25) is 0 Å². The van der Waals surface area contributed by atoms with E-state index < -0.39 is 39.0 Å². The molecule has 0 spiro atoms. The SMILES string of the molecule is COc1ccc(CN(c2cccc(F)n2)S(=O)(=O)c2c(F)cccc2F)c(OC)c1. The van der Waals surface area contributed by atoms with Gasteiger partial charge in [-0.1, -0.05) is 12.1 Å². The third-order valence-electron chi connectivity index (χ3n) is 4.23. The fourth-order valence-electron chi connectivity index (χ4n) is 2.80. The minimum Gasteiger partial charge on any atom is -0.497 e. The van der Waals surface area contributed by atoms with Crippen LogP contribution in [0.25, 0.3) is 0 Å². The molecule has 30 heavy (non-hydrogen) atoms. The molecule has 0 atom stereocenters. The van der Waals surface area contributed by atoms with Gasteiger partial charge in [0.1, 0.15) is 29.0 Å². The van der Waals surface area contributed by atoms with Crippen LogP contribution in [0.15, 0.2) is 59.5 Å². The Labute approximate surface area is 171 Å². The molecule has 3 rings (SSSR count). The zero-order valence-electron chi connectivity index (χ0n) is 16.0. The second-order valence-electron chi connectivity index (χ2n) is 6.06. The standard InChI is InChI=1S/C20H17F3N2O4S/c1-28-14-10-9-13(17(11-14)29-2)12-25(19-8-4-7-18(23)24-19)30(26,27)20-15(21)5-3-6-16(20)22/h3-11H,12H2,1-2H3. The zero-order chi connectivity index (χ0) is 21.9. The summed E-state index contributed by atoms with van der Waals surface area (Å²) in [7, 11) is -1.99. The van der Waals surface area contributed by atoms with Crippen LogP contribution in [-0.2, 0) is 16.6 Å². The highest BCUT2D eigenvalue weighted by Gasteiger charge is 2.33. The van der Waals surface area contributed by atoms with E-state index in [1.807, 2.05) is 0 Å². The summed E-state index contributed by atoms with van der Waals surface area (Å²) in [5, 5.41) is 0. The Hall–Kier alpha value is -3.27. The summed E-state index contributed by atoms with van der Waals surface area (Å²) >= 11 is 0. The smallest absolute Gasteiger partial charge is 0.271 e. The van der Waals surface area contributed by atoms with Crippen LogP contribution in [0.3, 0.4) is 0 Å². The predicted molar refractivity (Wildman–Crippen MR) is 103 cm³/mol. The molecule has 0 N–H and O–H groups in total. The zero-order valence-corrected chi connectivity index (χ0v) is 16.8. The van der Waals surface area contributed by atoms with Crippen molar-refractivity contribution in [3.8, 4) is 11.5 Å². The number of hydrogen-bond acceptors (Lipinski definition) is 5. The van der Waals surface area contributed by atoms with E-state index in [1.54, 1.807) is 6.07 Å². The van der Waals surface area contributed by atoms with Crippen LogP contribution in [0.4, 0.5) is 19.0 Å². The Morgan fingerprint density at radius 3 is 2.20 bits per heavy atom. The summed E-state index contributed by atoms with van der Waals surface area (Å²) in [5.41, 5.74) is 0.338. The molecule has 0 saturated carbocycles. The molecule has 1 aromatic heterocycles. The number of ether oxygens (including phenoxy) is 2. The number of anilines is 1. The van der Waals surface area contributed by atoms with E-state index in [2.05, 4.69) is 4.98 Å². The molecule has 158 valence electrons. The number of aromatic nitrogens is 1. The molecule has 2 aromatic carbocycles. The number of pyridine rings is 1. The lowest BCUT2D eigenvalue weighted by atomic mass is 10.2. The van der Waals surface area contributed by atoms with Crippen molar-refractivity contribution in [1.82, 2.24) is 4.98 Å². The summed E-state index contributed by atoms with van der Waals surface area (Å²) in [4.78, 5) is 2.42. The Bertz CT molecular complexity index is 1150. The number of halogens is 3. The Kier molecular flexibility index (Phi) is 6.16. The van der Waals surface area contributed by atoms with Crippen LogP contribution >= 0.6 is 0 Å². The average molecular weight is 438 g/mol. The predicted octanol–water partition coefficient (Wildman–Crippen LogP) is 3.91. The number of rotatable bonds is 7. The molecule has 3 aromatic rings. The van der Waals surface area contributed by atoms with E-state index in [0.29, 0.717) is 15.6 Å². The van der Waals surface area contributed by atoms with Crippen molar-refractivity contribution in [1.29, 1.82) is 0 Å². The number of sulfonamides is 1. The Morgan fingerprint density at radius 2 is 1.60 bits per heavy atom. The molecule has 6 nitrogen and oxygen atoms in total. The quantitative estimate of drug-likeness (QED) is 0.523. The lowest BCUT2D eigenvalue weighted by molar-refractivity contribution is 0.391. The van der Waals surface area contributed by atoms with Gasteiger partial charge >= 0.3 is 0 Å². The van der Waals surface area contributed by atoms with E-state index in [9.17, 15) is 21.6 Å². The second-order valence-corrected chi connectivity index (χ2v) is 7.86. The van der Waals surface area contributed by atoms with Gasteiger partial charge in [0, 0.05) is 11.6 Å². The third kappa shape index (κ3) is 4.18. The van der Waals surface area contributed by atoms with Crippen molar-refractivity contribution in [3.05, 3.63) is 77.7 Å². The van der Waals surface area contributed by atoms with Crippen LogP contribution in [0.1, 0.15) is 5.56 Å². The van der Waals surface area contributed by atoms with Crippen LogP contribution in [0.2, 0.25) is 0 Å². The maximum atomic E-state index is 14.3. The minimum absolute atomic E-state index is 0.264. The van der Waals surface area contributed by atoms with E-state index >= 15 is 0 Å². The molecule has 0 fully saturated rings. The lowest BCUT2D eigenvalue weighted by Gasteiger charge is -2.25. The van der Waals surface area contributed by atoms with Gasteiger partial charge in [0.15, 0.2) is 4.90 Å². The first-order chi connectivity index (χ1) is 14.3. The topological polar surface area (TPSA) is 68.7 Å². The average Bonchev–Trinajstić information content (AvgIpc) is 2.71. The molecule has 0 bridgehead atoms. The van der Waals surface area contributed by atoms with Crippen molar-refractivity contribution in [2.24, 2.45) is 0 Å². The molecule has 0 amide bonds. The first-order valence-electron chi connectivity index (χ1n) is 8.58. The van der Waals surface area contributed by atoms with Gasteiger partial charge in [0.25, 0.3) is 10.0 Å². The van der Waals surface area contributed by atoms with Gasteiger partial charge < -0.3 is 9.47 Å². The van der Waals surface area contributed by atoms with Crippen LogP contribution in [-0.4, -0.2) is 27.6 Å². The molecule has 1 heterocycles. The summed E-state index contributed by atoms with van der Waals surface area (Å²) in [5.74, 6) is -3.15. The molecule has 0 aliphatic heterocycles. The van der Waals surface area contributed by atoms with Crippen molar-refractivity contribution in [2.75, 3.05) is 18.5 Å². The van der Waals surface area contributed by atoms with Crippen molar-refractivity contribution in [2.45, 2.75) is 11.4 Å². The highest BCUT2D eigenvalue weighted by atomic mass is 32.2. The van der Waals surface area contributed by atoms with E-state index in [1.165, 1.54) is 38.5 Å². The summed E-state index contributed by atoms with van der Waals surface area (Å²) in [6.45, 7) is -0.431. The monoisotopic (exact) mass is 438 g/mol. The normalized spacial score (nSPS) is 11.2. The third-order valence-corrected chi connectivity index (χ3v) is 6.03. The highest BCUT2D eigenvalue weighted by molar-refractivity contribution is 7.92. The first kappa shape index (κ1) is 21.4. The maximum Gasteiger partial charge on any atom is 0.271 e. The molecular weight excluding hydrogens is 421 g/mol. The fraction of sp³-hybridized carbons (Fsp3) is 0.150. The van der Waals surface area contributed by atoms with Gasteiger partial charge in [-0.2, -0.15) is 4.39 Å². The lowest BCUT2D eigenvalue weighted by Crippen LogP contribution is -2.33. The Morgan fingerprint density at radius 1 is 0.933 bits per heavy atom. The van der Waals surface area contributed by atoms with Crippen LogP contribution in [0, 0.1) is 17.6 Å². The number of methoxy groups -OCH3 is 2. The van der Waals surface area contributed by atoms with E-state index in [-0.39, 0.29) is 11.6 Å². The fourth-order valence-corrected chi connectivity index (χ4v) is 4.31. The van der Waals surface area contributed by atoms with Crippen molar-refractivity contribution in [3.63, 3.8) is 0 Å². The number of hydrogen-bond donors (Lipinski definition) is 0. The number of nitrogens with zero attached hydrogens (tertiary/aromatic N) is 2. The van der Waals surface area contributed by atoms with E-state index in [4.69, 9.17) is 9.47 Å². The second kappa shape index (κ2) is 8.62. The van der Waals surface area contributed by atoms with Gasteiger partial charge in [0.2, 0.25) is 5.95 Å². The van der Waals surface area contributed by atoms with Crippen LogP contribution in [0.5, 0.6) is 11.5 Å². The van der Waals surface area contributed by atoms with Crippen molar-refractivity contribution < 1.29 is 31.1 Å². The molecule has 0 aliphatic carbocycles. The van der Waals surface area contributed by atoms with Gasteiger partial charge in [-0.05, 0) is 36.4 Å². The first-order valence-corrected chi connectivity index (χ1v) is 10.0.